The van der Waals surface area contributed by atoms with Crippen LogP contribution in [-0.2, 0) is 22.4 Å². The first-order valence-electron chi connectivity index (χ1n) is 13.2. The average molecular weight is 573 g/mol. The van der Waals surface area contributed by atoms with Crippen molar-refractivity contribution >= 4 is 29.0 Å². The summed E-state index contributed by atoms with van der Waals surface area (Å²) in [6.45, 7) is 8.19. The number of nitrogens with one attached hydrogen (secondary N) is 1. The number of ether oxygens (including phenoxy) is 2. The van der Waals surface area contributed by atoms with Crippen molar-refractivity contribution in [3.8, 4) is 17.0 Å². The molecule has 8 nitrogen and oxygen atoms in total. The molecule has 1 unspecified atom stereocenters. The van der Waals surface area contributed by atoms with Crippen LogP contribution in [0.3, 0.4) is 0 Å². The highest BCUT2D eigenvalue weighted by atomic mass is 35.5. The number of hydrogen-bond acceptors (Lipinski definition) is 6. The van der Waals surface area contributed by atoms with Crippen molar-refractivity contribution in [2.45, 2.75) is 50.8 Å². The van der Waals surface area contributed by atoms with E-state index < -0.39 is 11.1 Å². The van der Waals surface area contributed by atoms with Gasteiger partial charge in [-0.3, -0.25) is 14.7 Å². The summed E-state index contributed by atoms with van der Waals surface area (Å²) in [6, 6.07) is 11.3. The van der Waals surface area contributed by atoms with E-state index in [1.165, 1.54) is 12.1 Å². The number of fused-ring (bicyclic) bond motifs is 1. The highest BCUT2D eigenvalue weighted by molar-refractivity contribution is 6.20. The number of Topliss-reactive ketones (excluding diaryl/α,β-unsaturated/α-hetero) is 1. The molecule has 3 heterocycles. The van der Waals surface area contributed by atoms with Crippen molar-refractivity contribution in [2.75, 3.05) is 31.2 Å². The standard InChI is InChI=1S/C29H31ClF2N4O4/c1-18(2)36-26-21(17-28(36,3)27(38)35-10-12-39-13-11-35)15-20(16-23(26)24-8-9-33-34-24)25(37)14-19-4-6-22(7-5-19)40-29(30,31)32/h4-9,15-16,18H,10-14,17H2,1-3H3,(H,33,34). The van der Waals surface area contributed by atoms with E-state index in [2.05, 4.69) is 33.7 Å². The van der Waals surface area contributed by atoms with Crippen molar-refractivity contribution in [3.63, 3.8) is 0 Å². The summed E-state index contributed by atoms with van der Waals surface area (Å²) in [6.07, 6.45) is 2.14. The van der Waals surface area contributed by atoms with E-state index in [1.54, 1.807) is 18.3 Å². The fourth-order valence-corrected chi connectivity index (χ4v) is 5.89. The van der Waals surface area contributed by atoms with Crippen LogP contribution in [0.2, 0.25) is 0 Å². The number of ketones is 1. The zero-order valence-electron chi connectivity index (χ0n) is 22.5. The number of alkyl halides is 3. The molecule has 1 aromatic heterocycles. The minimum absolute atomic E-state index is 0.000520. The lowest BCUT2D eigenvalue weighted by molar-refractivity contribution is -0.140. The molecule has 1 saturated heterocycles. The van der Waals surface area contributed by atoms with Gasteiger partial charge in [0.1, 0.15) is 11.3 Å². The number of halogens is 3. The lowest BCUT2D eigenvalue weighted by Gasteiger charge is -2.43. The lowest BCUT2D eigenvalue weighted by atomic mass is 9.92. The number of benzene rings is 2. The van der Waals surface area contributed by atoms with Gasteiger partial charge in [-0.15, -0.1) is 8.78 Å². The number of nitrogens with zero attached hydrogens (tertiary/aromatic N) is 3. The third-order valence-electron chi connectivity index (χ3n) is 7.41. The van der Waals surface area contributed by atoms with Crippen LogP contribution in [0.4, 0.5) is 14.5 Å². The zero-order valence-corrected chi connectivity index (χ0v) is 23.3. The molecule has 2 aliphatic heterocycles. The van der Waals surface area contributed by atoms with Crippen molar-refractivity contribution < 1.29 is 27.8 Å². The number of morpholine rings is 1. The van der Waals surface area contributed by atoms with Gasteiger partial charge in [0, 0.05) is 60.9 Å². The number of aromatic nitrogens is 2. The number of aromatic amines is 1. The van der Waals surface area contributed by atoms with Crippen molar-refractivity contribution in [2.24, 2.45) is 0 Å². The van der Waals surface area contributed by atoms with Crippen molar-refractivity contribution in [1.29, 1.82) is 0 Å². The first-order chi connectivity index (χ1) is 19.0. The van der Waals surface area contributed by atoms with Gasteiger partial charge in [0.15, 0.2) is 5.78 Å². The minimum atomic E-state index is -3.81. The molecule has 2 aliphatic rings. The molecule has 40 heavy (non-hydrogen) atoms. The third-order valence-corrected chi connectivity index (χ3v) is 7.48. The van der Waals surface area contributed by atoms with Crippen molar-refractivity contribution in [1.82, 2.24) is 15.1 Å². The van der Waals surface area contributed by atoms with Gasteiger partial charge in [0.05, 0.1) is 24.6 Å². The number of carbonyl (C=O) groups excluding carboxylic acids is 2. The smallest absolute Gasteiger partial charge is 0.420 e. The first-order valence-corrected chi connectivity index (χ1v) is 13.5. The van der Waals surface area contributed by atoms with E-state index in [4.69, 9.17) is 16.3 Å². The van der Waals surface area contributed by atoms with Gasteiger partial charge >= 0.3 is 5.57 Å². The van der Waals surface area contributed by atoms with Gasteiger partial charge in [-0.1, -0.05) is 12.1 Å². The molecule has 0 saturated carbocycles. The Hall–Kier alpha value is -3.50. The van der Waals surface area contributed by atoms with Crippen LogP contribution < -0.4 is 9.64 Å². The van der Waals surface area contributed by atoms with E-state index in [0.29, 0.717) is 43.9 Å². The highest BCUT2D eigenvalue weighted by Crippen LogP contribution is 2.47. The Morgan fingerprint density at radius 3 is 2.48 bits per heavy atom. The summed E-state index contributed by atoms with van der Waals surface area (Å²) in [7, 11) is 0. The second kappa shape index (κ2) is 10.8. The van der Waals surface area contributed by atoms with E-state index in [-0.39, 0.29) is 29.9 Å². The Morgan fingerprint density at radius 1 is 1.18 bits per heavy atom. The second-order valence-electron chi connectivity index (χ2n) is 10.6. The molecule has 1 atom stereocenters. The van der Waals surface area contributed by atoms with Gasteiger partial charge in [0.25, 0.3) is 0 Å². The monoisotopic (exact) mass is 572 g/mol. The quantitative estimate of drug-likeness (QED) is 0.300. The molecule has 2 aromatic carbocycles. The zero-order chi connectivity index (χ0) is 28.7. The maximum atomic E-state index is 14.0. The highest BCUT2D eigenvalue weighted by Gasteiger charge is 2.50. The minimum Gasteiger partial charge on any atom is -0.420 e. The van der Waals surface area contributed by atoms with Crippen LogP contribution in [0.25, 0.3) is 11.3 Å². The summed E-state index contributed by atoms with van der Waals surface area (Å²) in [5.41, 5.74) is -0.194. The van der Waals surface area contributed by atoms with E-state index >= 15 is 0 Å². The molecule has 0 spiro atoms. The molecule has 1 amide bonds. The van der Waals surface area contributed by atoms with Gasteiger partial charge in [0.2, 0.25) is 5.91 Å². The maximum Gasteiger partial charge on any atom is 0.487 e. The van der Waals surface area contributed by atoms with Crippen LogP contribution in [0.15, 0.2) is 48.7 Å². The maximum absolute atomic E-state index is 14.0. The number of carbonyl (C=O) groups is 2. The average Bonchev–Trinajstić information content (AvgIpc) is 3.55. The van der Waals surface area contributed by atoms with Crippen LogP contribution in [0.5, 0.6) is 5.75 Å². The van der Waals surface area contributed by atoms with Crippen LogP contribution in [0.1, 0.15) is 42.3 Å². The van der Waals surface area contributed by atoms with Gasteiger partial charge in [-0.05, 0) is 62.2 Å². The Balaban J connectivity index is 1.50. The predicted octanol–water partition coefficient (Wildman–Crippen LogP) is 5.06. The molecule has 0 bridgehead atoms. The van der Waals surface area contributed by atoms with E-state index in [0.717, 1.165) is 22.5 Å². The Bertz CT molecular complexity index is 1390. The topological polar surface area (TPSA) is 87.8 Å². The van der Waals surface area contributed by atoms with Crippen LogP contribution in [-0.4, -0.2) is 70.2 Å². The molecule has 1 fully saturated rings. The number of H-pyrrole nitrogens is 1. The number of amides is 1. The van der Waals surface area contributed by atoms with Crippen LogP contribution in [0, 0.1) is 0 Å². The molecule has 5 rings (SSSR count). The molecule has 1 N–H and O–H groups in total. The summed E-state index contributed by atoms with van der Waals surface area (Å²) in [4.78, 5) is 31.5. The van der Waals surface area contributed by atoms with Crippen molar-refractivity contribution in [3.05, 3.63) is 65.4 Å². The number of rotatable bonds is 8. The molecule has 3 aromatic rings. The van der Waals surface area contributed by atoms with E-state index in [9.17, 15) is 18.4 Å². The van der Waals surface area contributed by atoms with Gasteiger partial charge in [-0.25, -0.2) is 0 Å². The second-order valence-corrected chi connectivity index (χ2v) is 11.1. The first kappa shape index (κ1) is 28.0. The molecule has 0 radical (unpaired) electrons. The fraction of sp³-hybridized carbons (Fsp3) is 0.414. The lowest BCUT2D eigenvalue weighted by Crippen LogP contribution is -2.60. The number of anilines is 1. The van der Waals surface area contributed by atoms with E-state index in [1.807, 2.05) is 30.0 Å². The predicted molar refractivity (Wildman–Crippen MR) is 147 cm³/mol. The molecular formula is C29H31ClF2N4O4. The Kier molecular flexibility index (Phi) is 7.58. The summed E-state index contributed by atoms with van der Waals surface area (Å²) >= 11 is 4.84. The largest absolute Gasteiger partial charge is 0.487 e. The van der Waals surface area contributed by atoms with Gasteiger partial charge in [-0.2, -0.15) is 5.10 Å². The number of hydrogen-bond donors (Lipinski definition) is 1. The fourth-order valence-electron chi connectivity index (χ4n) is 5.80. The molecular weight excluding hydrogens is 542 g/mol. The normalized spacial score (nSPS) is 19.2. The summed E-state index contributed by atoms with van der Waals surface area (Å²) in [5.74, 6) is -0.216. The molecule has 212 valence electrons. The summed E-state index contributed by atoms with van der Waals surface area (Å²) < 4.78 is 35.7. The Morgan fingerprint density at radius 2 is 1.88 bits per heavy atom. The molecule has 11 heteroatoms. The van der Waals surface area contributed by atoms with Gasteiger partial charge < -0.3 is 19.3 Å². The third kappa shape index (κ3) is 5.55. The Labute approximate surface area is 236 Å². The molecule has 0 aliphatic carbocycles. The van der Waals surface area contributed by atoms with Crippen LogP contribution >= 0.6 is 11.6 Å². The summed E-state index contributed by atoms with van der Waals surface area (Å²) in [5, 5.41) is 7.14. The SMILES string of the molecule is CC(C)N1c2c(cc(C(=O)Cc3ccc(OC(F)(F)Cl)cc3)cc2-c2ccn[nH]2)CC1(C)C(=O)N1CCOCC1.